The summed E-state index contributed by atoms with van der Waals surface area (Å²) < 4.78 is 44.3. The highest BCUT2D eigenvalue weighted by molar-refractivity contribution is 5.68. The average molecular weight is 455 g/mol. The third-order valence-electron chi connectivity index (χ3n) is 5.67. The summed E-state index contributed by atoms with van der Waals surface area (Å²) in [5.41, 5.74) is 0.599. The Morgan fingerprint density at radius 2 is 1.47 bits per heavy atom. The molecule has 1 fully saturated rings. The lowest BCUT2D eigenvalue weighted by molar-refractivity contribution is -0.137. The van der Waals surface area contributed by atoms with E-state index in [0.717, 1.165) is 37.2 Å². The molecule has 32 heavy (non-hydrogen) atoms. The second-order valence-electron chi connectivity index (χ2n) is 10.5. The summed E-state index contributed by atoms with van der Waals surface area (Å²) >= 11 is 0. The van der Waals surface area contributed by atoms with E-state index in [4.69, 9.17) is 4.74 Å². The molecular weight excluding hydrogens is 417 g/mol. The van der Waals surface area contributed by atoms with Crippen molar-refractivity contribution < 1.29 is 22.7 Å². The lowest BCUT2D eigenvalue weighted by Gasteiger charge is -2.41. The van der Waals surface area contributed by atoms with Crippen molar-refractivity contribution in [1.82, 2.24) is 9.80 Å². The van der Waals surface area contributed by atoms with E-state index < -0.39 is 17.3 Å². The SMILES string of the molecule is CC(C)=CC(CC(C)(C)c1ccc(C(F)(F)F)cc1)N1CCN(C(=O)OC(C)(C)C)CC1. The monoisotopic (exact) mass is 454 g/mol. The summed E-state index contributed by atoms with van der Waals surface area (Å²) in [4.78, 5) is 16.5. The van der Waals surface area contributed by atoms with Crippen LogP contribution in [0.3, 0.4) is 0 Å². The van der Waals surface area contributed by atoms with Gasteiger partial charge in [0.25, 0.3) is 0 Å². The molecule has 1 saturated heterocycles. The van der Waals surface area contributed by atoms with Gasteiger partial charge in [-0.2, -0.15) is 13.2 Å². The molecule has 2 rings (SSSR count). The van der Waals surface area contributed by atoms with E-state index in [1.807, 2.05) is 20.8 Å². The molecule has 4 nitrogen and oxygen atoms in total. The van der Waals surface area contributed by atoms with Crippen LogP contribution >= 0.6 is 0 Å². The van der Waals surface area contributed by atoms with Crippen molar-refractivity contribution in [3.05, 3.63) is 47.0 Å². The highest BCUT2D eigenvalue weighted by Crippen LogP contribution is 2.34. The Kier molecular flexibility index (Phi) is 8.08. The van der Waals surface area contributed by atoms with Crippen LogP contribution in [-0.2, 0) is 16.3 Å². The van der Waals surface area contributed by atoms with E-state index in [0.29, 0.717) is 13.1 Å². The first-order valence-corrected chi connectivity index (χ1v) is 11.1. The molecule has 1 aliphatic heterocycles. The van der Waals surface area contributed by atoms with Gasteiger partial charge in [-0.25, -0.2) is 4.79 Å². The number of amides is 1. The standard InChI is InChI=1S/C25H37F3N2O2/c1-18(2)16-21(29-12-14-30(15-13-29)22(31)32-23(3,4)5)17-24(6,7)19-8-10-20(11-9-19)25(26,27)28/h8-11,16,21H,12-15,17H2,1-7H3. The van der Waals surface area contributed by atoms with Crippen molar-refractivity contribution in [2.75, 3.05) is 26.2 Å². The minimum atomic E-state index is -4.33. The molecule has 0 aromatic heterocycles. The second-order valence-corrected chi connectivity index (χ2v) is 10.5. The maximum Gasteiger partial charge on any atom is 0.416 e. The van der Waals surface area contributed by atoms with Crippen LogP contribution in [0.25, 0.3) is 0 Å². The van der Waals surface area contributed by atoms with Gasteiger partial charge in [0.05, 0.1) is 5.56 Å². The van der Waals surface area contributed by atoms with E-state index in [9.17, 15) is 18.0 Å². The van der Waals surface area contributed by atoms with Crippen molar-refractivity contribution >= 4 is 6.09 Å². The summed E-state index contributed by atoms with van der Waals surface area (Å²) in [6.45, 7) is 16.4. The molecule has 1 aliphatic rings. The molecule has 7 heteroatoms. The van der Waals surface area contributed by atoms with Gasteiger partial charge >= 0.3 is 12.3 Å². The van der Waals surface area contributed by atoms with Gasteiger partial charge in [0.2, 0.25) is 0 Å². The van der Waals surface area contributed by atoms with E-state index >= 15 is 0 Å². The lowest BCUT2D eigenvalue weighted by atomic mass is 9.78. The van der Waals surface area contributed by atoms with Gasteiger partial charge in [0.15, 0.2) is 0 Å². The highest BCUT2D eigenvalue weighted by Gasteiger charge is 2.34. The Morgan fingerprint density at radius 1 is 0.969 bits per heavy atom. The number of benzene rings is 1. The van der Waals surface area contributed by atoms with E-state index in [1.165, 1.54) is 5.57 Å². The maximum atomic E-state index is 12.9. The third-order valence-corrected chi connectivity index (χ3v) is 5.67. The molecular formula is C25H37F3N2O2. The fourth-order valence-corrected chi connectivity index (χ4v) is 3.99. The van der Waals surface area contributed by atoms with Crippen molar-refractivity contribution in [2.24, 2.45) is 0 Å². The molecule has 180 valence electrons. The van der Waals surface area contributed by atoms with Crippen LogP contribution in [0.1, 0.15) is 66.0 Å². The summed E-state index contributed by atoms with van der Waals surface area (Å²) in [5.74, 6) is 0. The molecule has 1 aromatic rings. The number of ether oxygens (including phenoxy) is 1. The minimum absolute atomic E-state index is 0.123. The largest absolute Gasteiger partial charge is 0.444 e. The normalized spacial score (nSPS) is 17.1. The van der Waals surface area contributed by atoms with Crippen LogP contribution < -0.4 is 0 Å². The Labute approximate surface area is 190 Å². The van der Waals surface area contributed by atoms with Gasteiger partial charge in [0, 0.05) is 32.2 Å². The van der Waals surface area contributed by atoms with Crippen molar-refractivity contribution in [3.8, 4) is 0 Å². The fourth-order valence-electron chi connectivity index (χ4n) is 3.99. The van der Waals surface area contributed by atoms with Gasteiger partial charge in [-0.3, -0.25) is 4.90 Å². The number of nitrogens with zero attached hydrogens (tertiary/aromatic N) is 2. The fraction of sp³-hybridized carbons (Fsp3) is 0.640. The molecule has 1 aromatic carbocycles. The molecule has 0 aliphatic carbocycles. The maximum absolute atomic E-state index is 12.9. The highest BCUT2D eigenvalue weighted by atomic mass is 19.4. The molecule has 1 unspecified atom stereocenters. The Hall–Kier alpha value is -2.02. The third kappa shape index (κ3) is 7.54. The zero-order chi connectivity index (χ0) is 24.3. The Morgan fingerprint density at radius 3 is 1.91 bits per heavy atom. The smallest absolute Gasteiger partial charge is 0.416 e. The molecule has 0 bridgehead atoms. The number of piperazine rings is 1. The molecule has 0 spiro atoms. The van der Waals surface area contributed by atoms with Gasteiger partial charge in [-0.15, -0.1) is 0 Å². The first-order chi connectivity index (χ1) is 14.6. The van der Waals surface area contributed by atoms with E-state index in [1.54, 1.807) is 17.0 Å². The predicted molar refractivity (Wildman–Crippen MR) is 122 cm³/mol. The number of allylic oxidation sites excluding steroid dienone is 1. The number of alkyl halides is 3. The van der Waals surface area contributed by atoms with Crippen LogP contribution in [0.4, 0.5) is 18.0 Å². The van der Waals surface area contributed by atoms with Gasteiger partial charge < -0.3 is 9.64 Å². The predicted octanol–water partition coefficient (Wildman–Crippen LogP) is 6.26. The Bertz CT molecular complexity index is 796. The minimum Gasteiger partial charge on any atom is -0.444 e. The van der Waals surface area contributed by atoms with E-state index in [-0.39, 0.29) is 17.6 Å². The average Bonchev–Trinajstić information content (AvgIpc) is 2.65. The molecule has 1 atom stereocenters. The van der Waals surface area contributed by atoms with Crippen LogP contribution in [-0.4, -0.2) is 53.7 Å². The molecule has 0 saturated carbocycles. The van der Waals surface area contributed by atoms with Crippen LogP contribution in [0, 0.1) is 0 Å². The lowest BCUT2D eigenvalue weighted by Crippen LogP contribution is -2.53. The van der Waals surface area contributed by atoms with Gasteiger partial charge in [0.1, 0.15) is 5.60 Å². The molecule has 0 N–H and O–H groups in total. The number of rotatable bonds is 5. The summed E-state index contributed by atoms with van der Waals surface area (Å²) in [6, 6.07) is 5.61. The first kappa shape index (κ1) is 26.2. The van der Waals surface area contributed by atoms with Crippen molar-refractivity contribution in [3.63, 3.8) is 0 Å². The Balaban J connectivity index is 2.11. The molecule has 0 radical (unpaired) electrons. The van der Waals surface area contributed by atoms with Crippen molar-refractivity contribution in [2.45, 2.75) is 78.1 Å². The number of carbonyl (C=O) groups excluding carboxylic acids is 1. The molecule has 1 heterocycles. The topological polar surface area (TPSA) is 32.8 Å². The van der Waals surface area contributed by atoms with Gasteiger partial charge in [-0.05, 0) is 64.2 Å². The zero-order valence-corrected chi connectivity index (χ0v) is 20.3. The summed E-state index contributed by atoms with van der Waals surface area (Å²) in [6.07, 6.45) is -1.65. The van der Waals surface area contributed by atoms with E-state index in [2.05, 4.69) is 38.7 Å². The number of halogens is 3. The van der Waals surface area contributed by atoms with Gasteiger partial charge in [-0.1, -0.05) is 37.6 Å². The molecule has 1 amide bonds. The first-order valence-electron chi connectivity index (χ1n) is 11.1. The number of hydrogen-bond donors (Lipinski definition) is 0. The van der Waals surface area contributed by atoms with Crippen molar-refractivity contribution in [1.29, 1.82) is 0 Å². The van der Waals surface area contributed by atoms with Crippen LogP contribution in [0.5, 0.6) is 0 Å². The second kappa shape index (κ2) is 9.86. The van der Waals surface area contributed by atoms with Crippen LogP contribution in [0.15, 0.2) is 35.9 Å². The summed E-state index contributed by atoms with van der Waals surface area (Å²) in [5, 5.41) is 0. The summed E-state index contributed by atoms with van der Waals surface area (Å²) in [7, 11) is 0. The zero-order valence-electron chi connectivity index (χ0n) is 20.3. The quantitative estimate of drug-likeness (QED) is 0.492. The van der Waals surface area contributed by atoms with Crippen LogP contribution in [0.2, 0.25) is 0 Å². The number of carbonyl (C=O) groups is 1. The number of hydrogen-bond acceptors (Lipinski definition) is 3.